The van der Waals surface area contributed by atoms with E-state index in [-0.39, 0.29) is 0 Å². The van der Waals surface area contributed by atoms with Crippen molar-refractivity contribution in [2.45, 2.75) is 37.6 Å². The molecule has 0 radical (unpaired) electrons. The Hall–Kier alpha value is -0.860. The normalized spacial score (nSPS) is 17.8. The van der Waals surface area contributed by atoms with Gasteiger partial charge in [0.25, 0.3) is 0 Å². The minimum absolute atomic E-state index is 0.475. The molecule has 2 rings (SSSR count). The van der Waals surface area contributed by atoms with Crippen molar-refractivity contribution in [2.24, 2.45) is 0 Å². The quantitative estimate of drug-likeness (QED) is 0.829. The molecule has 1 aliphatic rings. The Morgan fingerprint density at radius 1 is 1.22 bits per heavy atom. The van der Waals surface area contributed by atoms with E-state index in [1.807, 2.05) is 0 Å². The van der Waals surface area contributed by atoms with E-state index in [0.717, 1.165) is 18.9 Å². The molecule has 100 valence electrons. The Kier molecular flexibility index (Phi) is 4.79. The van der Waals surface area contributed by atoms with Crippen molar-refractivity contribution >= 4 is 0 Å². The van der Waals surface area contributed by atoms with E-state index in [9.17, 15) is 0 Å². The highest BCUT2D eigenvalue weighted by Crippen LogP contribution is 2.36. The van der Waals surface area contributed by atoms with Crippen LogP contribution in [0.4, 0.5) is 0 Å². The van der Waals surface area contributed by atoms with Crippen LogP contribution in [0.2, 0.25) is 0 Å². The summed E-state index contributed by atoms with van der Waals surface area (Å²) >= 11 is 0. The fraction of sp³-hybridized carbons (Fsp3) is 0.625. The minimum atomic E-state index is 0.475. The molecule has 2 nitrogen and oxygen atoms in total. The summed E-state index contributed by atoms with van der Waals surface area (Å²) in [5.41, 5.74) is 2.95. The number of nitrogens with zero attached hydrogens (tertiary/aromatic N) is 1. The van der Waals surface area contributed by atoms with Crippen LogP contribution in [0.5, 0.6) is 0 Å². The van der Waals surface area contributed by atoms with Gasteiger partial charge in [-0.3, -0.25) is 0 Å². The zero-order chi connectivity index (χ0) is 13.0. The van der Waals surface area contributed by atoms with Crippen LogP contribution in [0.1, 0.15) is 48.8 Å². The lowest BCUT2D eigenvalue weighted by atomic mass is 9.80. The van der Waals surface area contributed by atoms with Gasteiger partial charge in [0.2, 0.25) is 0 Å². The number of nitrogens with one attached hydrogen (secondary N) is 1. The molecular formula is C16H26N2. The van der Waals surface area contributed by atoms with Gasteiger partial charge in [0, 0.05) is 6.04 Å². The number of rotatable bonds is 6. The molecule has 0 heterocycles. The van der Waals surface area contributed by atoms with Crippen molar-refractivity contribution in [3.8, 4) is 0 Å². The summed E-state index contributed by atoms with van der Waals surface area (Å²) in [6, 6.07) is 9.76. The van der Waals surface area contributed by atoms with E-state index in [4.69, 9.17) is 0 Å². The van der Waals surface area contributed by atoms with Crippen LogP contribution < -0.4 is 5.32 Å². The summed E-state index contributed by atoms with van der Waals surface area (Å²) < 4.78 is 0. The smallest absolute Gasteiger partial charge is 0.0329 e. The van der Waals surface area contributed by atoms with Gasteiger partial charge in [-0.15, -0.1) is 0 Å². The van der Waals surface area contributed by atoms with Crippen molar-refractivity contribution in [3.63, 3.8) is 0 Å². The van der Waals surface area contributed by atoms with Crippen LogP contribution in [-0.2, 0) is 0 Å². The van der Waals surface area contributed by atoms with Gasteiger partial charge in [-0.2, -0.15) is 0 Å². The first-order valence-corrected chi connectivity index (χ1v) is 7.12. The topological polar surface area (TPSA) is 15.3 Å². The van der Waals surface area contributed by atoms with Crippen LogP contribution >= 0.6 is 0 Å². The Morgan fingerprint density at radius 2 is 1.89 bits per heavy atom. The van der Waals surface area contributed by atoms with E-state index >= 15 is 0 Å². The highest BCUT2D eigenvalue weighted by atomic mass is 15.1. The lowest BCUT2D eigenvalue weighted by Gasteiger charge is -2.26. The molecule has 1 unspecified atom stereocenters. The Labute approximate surface area is 111 Å². The van der Waals surface area contributed by atoms with Crippen molar-refractivity contribution in [1.82, 2.24) is 10.2 Å². The summed E-state index contributed by atoms with van der Waals surface area (Å²) in [4.78, 5) is 2.24. The Balaban J connectivity index is 1.97. The maximum atomic E-state index is 3.42. The van der Waals surface area contributed by atoms with Crippen molar-refractivity contribution < 1.29 is 0 Å². The average Bonchev–Trinajstić information content (AvgIpc) is 2.29. The lowest BCUT2D eigenvalue weighted by molar-refractivity contribution is 0.368. The Morgan fingerprint density at radius 3 is 2.33 bits per heavy atom. The van der Waals surface area contributed by atoms with Crippen LogP contribution in [0.25, 0.3) is 0 Å². The number of hydrogen-bond donors (Lipinski definition) is 1. The zero-order valence-electron chi connectivity index (χ0n) is 11.9. The SMILES string of the molecule is CNC(CCN(C)C)c1ccc(C2CCC2)cc1. The molecule has 1 aliphatic carbocycles. The third-order valence-corrected chi connectivity index (χ3v) is 4.13. The average molecular weight is 246 g/mol. The van der Waals surface area contributed by atoms with Crippen molar-refractivity contribution in [1.29, 1.82) is 0 Å². The van der Waals surface area contributed by atoms with Gasteiger partial charge >= 0.3 is 0 Å². The van der Waals surface area contributed by atoms with E-state index < -0.39 is 0 Å². The second-order valence-corrected chi connectivity index (χ2v) is 5.73. The largest absolute Gasteiger partial charge is 0.313 e. The van der Waals surface area contributed by atoms with E-state index in [1.54, 1.807) is 0 Å². The molecular weight excluding hydrogens is 220 g/mol. The first-order chi connectivity index (χ1) is 8.70. The van der Waals surface area contributed by atoms with Gasteiger partial charge in [-0.05, 0) is 64.0 Å². The van der Waals surface area contributed by atoms with Gasteiger partial charge in [-0.1, -0.05) is 30.7 Å². The van der Waals surface area contributed by atoms with E-state index in [2.05, 4.69) is 55.6 Å². The van der Waals surface area contributed by atoms with Gasteiger partial charge in [0.05, 0.1) is 0 Å². The summed E-state index contributed by atoms with van der Waals surface area (Å²) in [6.45, 7) is 1.12. The van der Waals surface area contributed by atoms with Gasteiger partial charge in [-0.25, -0.2) is 0 Å². The third-order valence-electron chi connectivity index (χ3n) is 4.13. The molecule has 1 aromatic carbocycles. The van der Waals surface area contributed by atoms with Crippen LogP contribution in [-0.4, -0.2) is 32.6 Å². The monoisotopic (exact) mass is 246 g/mol. The summed E-state index contributed by atoms with van der Waals surface area (Å²) in [5.74, 6) is 0.842. The van der Waals surface area contributed by atoms with Crippen LogP contribution in [0, 0.1) is 0 Å². The first kappa shape index (κ1) is 13.6. The summed E-state index contributed by atoms with van der Waals surface area (Å²) in [5, 5.41) is 3.42. The lowest BCUT2D eigenvalue weighted by Crippen LogP contribution is -2.23. The standard InChI is InChI=1S/C16H26N2/c1-17-16(11-12-18(2)3)15-9-7-14(8-10-15)13-5-4-6-13/h7-10,13,16-17H,4-6,11-12H2,1-3H3. The molecule has 1 saturated carbocycles. The van der Waals surface area contributed by atoms with Crippen LogP contribution in [0.3, 0.4) is 0 Å². The van der Waals surface area contributed by atoms with Crippen LogP contribution in [0.15, 0.2) is 24.3 Å². The predicted molar refractivity (Wildman–Crippen MR) is 78.0 cm³/mol. The zero-order valence-corrected chi connectivity index (χ0v) is 11.9. The van der Waals surface area contributed by atoms with Crippen molar-refractivity contribution in [3.05, 3.63) is 35.4 Å². The third kappa shape index (κ3) is 3.33. The highest BCUT2D eigenvalue weighted by molar-refractivity contribution is 5.28. The summed E-state index contributed by atoms with van der Waals surface area (Å²) in [6.07, 6.45) is 5.34. The minimum Gasteiger partial charge on any atom is -0.313 e. The second kappa shape index (κ2) is 6.35. The maximum Gasteiger partial charge on any atom is 0.0329 e. The van der Waals surface area contributed by atoms with E-state index in [1.165, 1.54) is 30.4 Å². The molecule has 2 heteroatoms. The first-order valence-electron chi connectivity index (χ1n) is 7.12. The molecule has 1 atom stereocenters. The second-order valence-electron chi connectivity index (χ2n) is 5.73. The molecule has 1 N–H and O–H groups in total. The summed E-state index contributed by atoms with van der Waals surface area (Å²) in [7, 11) is 6.32. The molecule has 0 bridgehead atoms. The van der Waals surface area contributed by atoms with Gasteiger partial charge in [0.1, 0.15) is 0 Å². The fourth-order valence-electron chi connectivity index (χ4n) is 2.61. The molecule has 0 amide bonds. The highest BCUT2D eigenvalue weighted by Gasteiger charge is 2.19. The molecule has 0 aromatic heterocycles. The molecule has 1 aromatic rings. The fourth-order valence-corrected chi connectivity index (χ4v) is 2.61. The number of hydrogen-bond acceptors (Lipinski definition) is 2. The van der Waals surface area contributed by atoms with Gasteiger partial charge in [0.15, 0.2) is 0 Å². The molecule has 1 fully saturated rings. The van der Waals surface area contributed by atoms with E-state index in [0.29, 0.717) is 6.04 Å². The molecule has 18 heavy (non-hydrogen) atoms. The maximum absolute atomic E-state index is 3.42. The number of benzene rings is 1. The van der Waals surface area contributed by atoms with Gasteiger partial charge < -0.3 is 10.2 Å². The van der Waals surface area contributed by atoms with Crippen molar-refractivity contribution in [2.75, 3.05) is 27.7 Å². The molecule has 0 saturated heterocycles. The molecule has 0 spiro atoms. The predicted octanol–water partition coefficient (Wildman–Crippen LogP) is 3.17. The Bertz CT molecular complexity index is 352. The molecule has 0 aliphatic heterocycles.